The molecule has 3 rings (SSSR count). The van der Waals surface area contributed by atoms with E-state index in [9.17, 15) is 19.2 Å². The van der Waals surface area contributed by atoms with E-state index in [2.05, 4.69) is 20.8 Å². The Morgan fingerprint density at radius 2 is 1.67 bits per heavy atom. The lowest BCUT2D eigenvalue weighted by Gasteiger charge is -2.19. The fraction of sp³-hybridized carbons (Fsp3) is 0.565. The first kappa shape index (κ1) is 28.1. The lowest BCUT2D eigenvalue weighted by molar-refractivity contribution is -0.120. The molecule has 2 heterocycles. The van der Waals surface area contributed by atoms with Crippen molar-refractivity contribution in [3.05, 3.63) is 16.0 Å². The van der Waals surface area contributed by atoms with Crippen molar-refractivity contribution in [2.24, 2.45) is 5.92 Å². The molecule has 1 saturated carbocycles. The molecule has 10 nitrogen and oxygen atoms in total. The van der Waals surface area contributed by atoms with E-state index in [1.54, 1.807) is 27.7 Å². The van der Waals surface area contributed by atoms with Crippen molar-refractivity contribution in [1.82, 2.24) is 10.2 Å². The fourth-order valence-corrected chi connectivity index (χ4v) is 6.73. The Balaban J connectivity index is 1.67. The minimum Gasteiger partial charge on any atom is -0.462 e. The largest absolute Gasteiger partial charge is 0.462 e. The number of nitrogens with zero attached hydrogens (tertiary/aromatic N) is 2. The summed E-state index contributed by atoms with van der Waals surface area (Å²) < 4.78 is 10.7. The molecule has 0 aliphatic heterocycles. The average molecular weight is 555 g/mol. The van der Waals surface area contributed by atoms with Crippen LogP contribution >= 0.6 is 34.4 Å². The first-order valence-corrected chi connectivity index (χ1v) is 14.4. The number of rotatable bonds is 10. The zero-order valence-corrected chi connectivity index (χ0v) is 23.1. The minimum absolute atomic E-state index is 0.00537. The van der Waals surface area contributed by atoms with Crippen LogP contribution < -0.4 is 10.6 Å². The summed E-state index contributed by atoms with van der Waals surface area (Å²) in [5.74, 6) is -1.61. The maximum atomic E-state index is 12.9. The van der Waals surface area contributed by atoms with E-state index in [1.807, 2.05) is 0 Å². The Kier molecular flexibility index (Phi) is 10.3. The molecule has 1 aliphatic rings. The second-order valence-corrected chi connectivity index (χ2v) is 11.7. The third kappa shape index (κ3) is 7.04. The van der Waals surface area contributed by atoms with Crippen LogP contribution in [0.1, 0.15) is 78.5 Å². The Bertz CT molecular complexity index is 1110. The van der Waals surface area contributed by atoms with E-state index in [1.165, 1.54) is 29.5 Å². The summed E-state index contributed by atoms with van der Waals surface area (Å²) in [6, 6.07) is 0. The van der Waals surface area contributed by atoms with Crippen molar-refractivity contribution in [2.75, 3.05) is 23.8 Å². The van der Waals surface area contributed by atoms with E-state index in [-0.39, 0.29) is 46.4 Å². The number of anilines is 2. The van der Waals surface area contributed by atoms with Crippen molar-refractivity contribution < 1.29 is 28.7 Å². The molecule has 1 fully saturated rings. The van der Waals surface area contributed by atoms with Gasteiger partial charge in [0.2, 0.25) is 16.9 Å². The Hall–Kier alpha value is -2.51. The quantitative estimate of drug-likeness (QED) is 0.239. The number of amides is 2. The summed E-state index contributed by atoms with van der Waals surface area (Å²) in [4.78, 5) is 50.5. The van der Waals surface area contributed by atoms with Crippen molar-refractivity contribution in [1.29, 1.82) is 0 Å². The van der Waals surface area contributed by atoms with Gasteiger partial charge >= 0.3 is 11.9 Å². The molecule has 1 atom stereocenters. The molecule has 196 valence electrons. The van der Waals surface area contributed by atoms with Crippen LogP contribution in [0.5, 0.6) is 0 Å². The van der Waals surface area contributed by atoms with Crippen molar-refractivity contribution >= 4 is 68.3 Å². The highest BCUT2D eigenvalue weighted by molar-refractivity contribution is 8.02. The lowest BCUT2D eigenvalue weighted by atomic mass is 9.89. The van der Waals surface area contributed by atoms with Gasteiger partial charge in [0.1, 0.15) is 9.88 Å². The standard InChI is InChI=1S/C23H30N4O6S3/c1-5-32-20(30)15-12(3)16(21(31)33-6-2)35-19(15)24-17(28)13(4)34-23-27-26-22(36-23)25-18(29)14-10-8-7-9-11-14/h13-14H,5-11H2,1-4H3,(H,24,28)(H,25,26,29). The molecule has 0 saturated heterocycles. The molecular weight excluding hydrogens is 524 g/mol. The minimum atomic E-state index is -0.625. The first-order chi connectivity index (χ1) is 17.2. The molecule has 2 amide bonds. The molecular formula is C23H30N4O6S3. The Morgan fingerprint density at radius 1 is 1.00 bits per heavy atom. The zero-order chi connectivity index (χ0) is 26.2. The van der Waals surface area contributed by atoms with Crippen LogP contribution in [0.15, 0.2) is 4.34 Å². The number of hydrogen-bond donors (Lipinski definition) is 2. The normalized spacial score (nSPS) is 14.7. The van der Waals surface area contributed by atoms with Crippen molar-refractivity contribution in [3.63, 3.8) is 0 Å². The van der Waals surface area contributed by atoms with Crippen molar-refractivity contribution in [3.8, 4) is 0 Å². The highest BCUT2D eigenvalue weighted by Gasteiger charge is 2.29. The predicted molar refractivity (Wildman–Crippen MR) is 140 cm³/mol. The summed E-state index contributed by atoms with van der Waals surface area (Å²) in [7, 11) is 0. The topological polar surface area (TPSA) is 137 Å². The number of aromatic nitrogens is 2. The van der Waals surface area contributed by atoms with Crippen molar-refractivity contribution in [2.45, 2.75) is 69.4 Å². The number of ether oxygens (including phenoxy) is 2. The third-order valence-corrected chi connectivity index (χ3v) is 8.79. The summed E-state index contributed by atoms with van der Waals surface area (Å²) in [6.07, 6.45) is 5.06. The highest BCUT2D eigenvalue weighted by atomic mass is 32.2. The monoisotopic (exact) mass is 554 g/mol. The van der Waals surface area contributed by atoms with Gasteiger partial charge in [-0.15, -0.1) is 21.5 Å². The van der Waals surface area contributed by atoms with Gasteiger partial charge in [-0.05, 0) is 46.1 Å². The molecule has 0 radical (unpaired) electrons. The number of esters is 2. The van der Waals surface area contributed by atoms with Gasteiger partial charge in [0.05, 0.1) is 24.0 Å². The van der Waals surface area contributed by atoms with E-state index >= 15 is 0 Å². The van der Waals surface area contributed by atoms with Gasteiger partial charge in [-0.2, -0.15) is 0 Å². The first-order valence-electron chi connectivity index (χ1n) is 11.8. The number of thiophene rings is 1. The molecule has 13 heteroatoms. The van der Waals surface area contributed by atoms with Gasteiger partial charge in [-0.25, -0.2) is 9.59 Å². The second kappa shape index (κ2) is 13.2. The number of hydrogen-bond acceptors (Lipinski definition) is 11. The smallest absolute Gasteiger partial charge is 0.348 e. The van der Waals surface area contributed by atoms with E-state index in [0.717, 1.165) is 37.0 Å². The van der Waals surface area contributed by atoms with Crippen LogP contribution in [-0.2, 0) is 19.1 Å². The van der Waals surface area contributed by atoms with Gasteiger partial charge in [0, 0.05) is 5.92 Å². The number of nitrogens with one attached hydrogen (secondary N) is 2. The molecule has 0 bridgehead atoms. The number of thioether (sulfide) groups is 1. The van der Waals surface area contributed by atoms with Crippen LogP contribution in [0.3, 0.4) is 0 Å². The Morgan fingerprint density at radius 3 is 2.33 bits per heavy atom. The van der Waals surface area contributed by atoms with Crippen LogP contribution in [0.4, 0.5) is 10.1 Å². The third-order valence-electron chi connectivity index (χ3n) is 5.58. The SMILES string of the molecule is CCOC(=O)c1sc(NC(=O)C(C)Sc2nnc(NC(=O)C3CCCCC3)s2)c(C(=O)OCC)c1C. The van der Waals surface area contributed by atoms with E-state index in [0.29, 0.717) is 15.0 Å². The van der Waals surface area contributed by atoms with Crippen LogP contribution in [0.2, 0.25) is 0 Å². The van der Waals surface area contributed by atoms with Crippen LogP contribution in [0.25, 0.3) is 0 Å². The van der Waals surface area contributed by atoms with Gasteiger partial charge in [0.25, 0.3) is 0 Å². The molecule has 2 aromatic heterocycles. The fourth-order valence-electron chi connectivity index (χ4n) is 3.74. The molecule has 0 aromatic carbocycles. The summed E-state index contributed by atoms with van der Waals surface area (Å²) in [5, 5.41) is 13.7. The van der Waals surface area contributed by atoms with E-state index < -0.39 is 17.2 Å². The number of carbonyl (C=O) groups excluding carboxylic acids is 4. The zero-order valence-electron chi connectivity index (χ0n) is 20.7. The molecule has 2 aromatic rings. The van der Waals surface area contributed by atoms with Gasteiger partial charge < -0.3 is 20.1 Å². The number of carbonyl (C=O) groups is 4. The van der Waals surface area contributed by atoms with Gasteiger partial charge in [-0.1, -0.05) is 42.4 Å². The molecule has 0 spiro atoms. The van der Waals surface area contributed by atoms with Gasteiger partial charge in [-0.3, -0.25) is 9.59 Å². The average Bonchev–Trinajstić information content (AvgIpc) is 3.43. The molecule has 2 N–H and O–H groups in total. The highest BCUT2D eigenvalue weighted by Crippen LogP contribution is 2.36. The predicted octanol–water partition coefficient (Wildman–Crippen LogP) is 4.90. The second-order valence-electron chi connectivity index (χ2n) is 8.15. The summed E-state index contributed by atoms with van der Waals surface area (Å²) in [5.41, 5.74) is 0.536. The van der Waals surface area contributed by atoms with Gasteiger partial charge in [0.15, 0.2) is 4.34 Å². The maximum Gasteiger partial charge on any atom is 0.348 e. The lowest BCUT2D eigenvalue weighted by Crippen LogP contribution is -2.24. The molecule has 1 unspecified atom stereocenters. The van der Waals surface area contributed by atoms with Crippen LogP contribution in [0, 0.1) is 12.8 Å². The maximum absolute atomic E-state index is 12.9. The molecule has 1 aliphatic carbocycles. The summed E-state index contributed by atoms with van der Waals surface area (Å²) in [6.45, 7) is 7.02. The molecule has 36 heavy (non-hydrogen) atoms. The van der Waals surface area contributed by atoms with Crippen LogP contribution in [-0.4, -0.2) is 52.4 Å². The summed E-state index contributed by atoms with van der Waals surface area (Å²) >= 11 is 3.36. The Labute approximate surface area is 221 Å². The van der Waals surface area contributed by atoms with E-state index in [4.69, 9.17) is 9.47 Å².